The highest BCUT2D eigenvalue weighted by Gasteiger charge is 2.26. The molecule has 0 aliphatic carbocycles. The van der Waals surface area contributed by atoms with Crippen LogP contribution in [0.4, 0.5) is 0 Å². The highest BCUT2D eigenvalue weighted by atomic mass is 16.5. The molecule has 1 rings (SSSR count). The molecule has 0 aliphatic rings. The van der Waals surface area contributed by atoms with Crippen molar-refractivity contribution in [3.63, 3.8) is 0 Å². The Kier molecular flexibility index (Phi) is 5.35. The quantitative estimate of drug-likeness (QED) is 0.842. The summed E-state index contributed by atoms with van der Waals surface area (Å²) in [5.74, 6) is 0.377. The van der Waals surface area contributed by atoms with Gasteiger partial charge in [-0.25, -0.2) is 0 Å². The van der Waals surface area contributed by atoms with Gasteiger partial charge in [-0.05, 0) is 31.7 Å². The summed E-state index contributed by atoms with van der Waals surface area (Å²) in [6.45, 7) is 6.37. The predicted octanol–water partition coefficient (Wildman–Crippen LogP) is 2.72. The zero-order chi connectivity index (χ0) is 13.6. The Balaban J connectivity index is 2.37. The lowest BCUT2D eigenvalue weighted by atomic mass is 9.98. The van der Waals surface area contributed by atoms with Gasteiger partial charge >= 0.3 is 0 Å². The van der Waals surface area contributed by atoms with E-state index >= 15 is 0 Å². The standard InChI is InChI=1S/C15H23NO2/c1-12(13-8-6-5-7-9-13)10-11-16-14(17)15(2,3)18-4/h5-9,12H,10-11H2,1-4H3,(H,16,17). The van der Waals surface area contributed by atoms with Crippen LogP contribution in [0.25, 0.3) is 0 Å². The Morgan fingerprint density at radius 1 is 1.33 bits per heavy atom. The molecule has 0 fully saturated rings. The van der Waals surface area contributed by atoms with Crippen molar-refractivity contribution in [3.8, 4) is 0 Å². The van der Waals surface area contributed by atoms with Gasteiger partial charge in [-0.1, -0.05) is 37.3 Å². The lowest BCUT2D eigenvalue weighted by Gasteiger charge is -2.22. The molecule has 1 unspecified atom stereocenters. The Hall–Kier alpha value is -1.35. The highest BCUT2D eigenvalue weighted by molar-refractivity contribution is 5.84. The van der Waals surface area contributed by atoms with Crippen LogP contribution in [0.15, 0.2) is 30.3 Å². The summed E-state index contributed by atoms with van der Waals surface area (Å²) >= 11 is 0. The Bertz CT molecular complexity index is 373. The number of hydrogen-bond donors (Lipinski definition) is 1. The van der Waals surface area contributed by atoms with E-state index in [1.165, 1.54) is 5.56 Å². The minimum atomic E-state index is -0.754. The number of hydrogen-bond acceptors (Lipinski definition) is 2. The third-order valence-corrected chi connectivity index (χ3v) is 3.29. The second kappa shape index (κ2) is 6.55. The van der Waals surface area contributed by atoms with E-state index in [0.717, 1.165) is 6.42 Å². The van der Waals surface area contributed by atoms with Crippen LogP contribution in [0.5, 0.6) is 0 Å². The number of rotatable bonds is 6. The minimum absolute atomic E-state index is 0.0646. The molecule has 0 saturated carbocycles. The van der Waals surface area contributed by atoms with E-state index in [1.54, 1.807) is 21.0 Å². The monoisotopic (exact) mass is 249 g/mol. The number of amides is 1. The van der Waals surface area contributed by atoms with E-state index in [-0.39, 0.29) is 5.91 Å². The molecular formula is C15H23NO2. The average molecular weight is 249 g/mol. The SMILES string of the molecule is COC(C)(C)C(=O)NCCC(C)c1ccccc1. The lowest BCUT2D eigenvalue weighted by molar-refractivity contribution is -0.139. The zero-order valence-corrected chi connectivity index (χ0v) is 11.7. The Labute approximate surface area is 110 Å². The largest absolute Gasteiger partial charge is 0.369 e. The smallest absolute Gasteiger partial charge is 0.251 e. The molecule has 0 aliphatic heterocycles. The number of nitrogens with one attached hydrogen (secondary N) is 1. The van der Waals surface area contributed by atoms with Crippen molar-refractivity contribution in [2.24, 2.45) is 0 Å². The molecule has 0 spiro atoms. The van der Waals surface area contributed by atoms with E-state index < -0.39 is 5.60 Å². The average Bonchev–Trinajstić information content (AvgIpc) is 2.39. The van der Waals surface area contributed by atoms with Gasteiger partial charge < -0.3 is 10.1 Å². The van der Waals surface area contributed by atoms with Gasteiger partial charge in [-0.15, -0.1) is 0 Å². The van der Waals surface area contributed by atoms with E-state index in [1.807, 2.05) is 18.2 Å². The Morgan fingerprint density at radius 2 is 1.94 bits per heavy atom. The molecule has 0 aromatic heterocycles. The molecule has 0 bridgehead atoms. The summed E-state index contributed by atoms with van der Waals surface area (Å²) in [5.41, 5.74) is 0.549. The van der Waals surface area contributed by atoms with E-state index in [9.17, 15) is 4.79 Å². The molecular weight excluding hydrogens is 226 g/mol. The summed E-state index contributed by atoms with van der Waals surface area (Å²) in [6.07, 6.45) is 0.926. The second-order valence-electron chi connectivity index (χ2n) is 5.07. The summed E-state index contributed by atoms with van der Waals surface area (Å²) in [7, 11) is 1.55. The molecule has 1 aromatic carbocycles. The fourth-order valence-electron chi connectivity index (χ4n) is 1.66. The van der Waals surface area contributed by atoms with Crippen LogP contribution in [0.1, 0.15) is 38.7 Å². The zero-order valence-electron chi connectivity index (χ0n) is 11.7. The lowest BCUT2D eigenvalue weighted by Crippen LogP contribution is -2.44. The minimum Gasteiger partial charge on any atom is -0.369 e. The van der Waals surface area contributed by atoms with E-state index in [4.69, 9.17) is 4.74 Å². The van der Waals surface area contributed by atoms with Crippen LogP contribution in [0, 0.1) is 0 Å². The van der Waals surface area contributed by atoms with Crippen molar-refractivity contribution in [2.75, 3.05) is 13.7 Å². The van der Waals surface area contributed by atoms with Crippen molar-refractivity contribution in [1.82, 2.24) is 5.32 Å². The van der Waals surface area contributed by atoms with Crippen molar-refractivity contribution >= 4 is 5.91 Å². The third kappa shape index (κ3) is 4.15. The van der Waals surface area contributed by atoms with Crippen LogP contribution in [0.2, 0.25) is 0 Å². The molecule has 100 valence electrons. The molecule has 0 heterocycles. The van der Waals surface area contributed by atoms with Crippen LogP contribution in [0.3, 0.4) is 0 Å². The maximum atomic E-state index is 11.8. The summed E-state index contributed by atoms with van der Waals surface area (Å²) in [5, 5.41) is 2.91. The predicted molar refractivity (Wildman–Crippen MR) is 73.6 cm³/mol. The van der Waals surface area contributed by atoms with Crippen molar-refractivity contribution in [2.45, 2.75) is 38.7 Å². The second-order valence-corrected chi connectivity index (χ2v) is 5.07. The topological polar surface area (TPSA) is 38.3 Å². The summed E-state index contributed by atoms with van der Waals surface area (Å²) in [6, 6.07) is 10.3. The normalized spacial score (nSPS) is 13.1. The van der Waals surface area contributed by atoms with Gasteiger partial charge in [0.1, 0.15) is 5.60 Å². The number of methoxy groups -OCH3 is 1. The first-order chi connectivity index (χ1) is 8.47. The van der Waals surface area contributed by atoms with Crippen molar-refractivity contribution < 1.29 is 9.53 Å². The van der Waals surface area contributed by atoms with Gasteiger partial charge in [0.2, 0.25) is 0 Å². The number of carbonyl (C=O) groups is 1. The first-order valence-corrected chi connectivity index (χ1v) is 6.36. The van der Waals surface area contributed by atoms with Gasteiger partial charge in [0, 0.05) is 13.7 Å². The van der Waals surface area contributed by atoms with Gasteiger partial charge in [0.15, 0.2) is 0 Å². The molecule has 1 N–H and O–H groups in total. The van der Waals surface area contributed by atoms with Crippen LogP contribution < -0.4 is 5.32 Å². The van der Waals surface area contributed by atoms with Gasteiger partial charge in [0.05, 0.1) is 0 Å². The molecule has 18 heavy (non-hydrogen) atoms. The van der Waals surface area contributed by atoms with Gasteiger partial charge in [-0.2, -0.15) is 0 Å². The third-order valence-electron chi connectivity index (χ3n) is 3.29. The molecule has 3 nitrogen and oxygen atoms in total. The van der Waals surface area contributed by atoms with Crippen LogP contribution in [-0.4, -0.2) is 25.2 Å². The number of carbonyl (C=O) groups excluding carboxylic acids is 1. The molecule has 1 amide bonds. The Morgan fingerprint density at radius 3 is 2.50 bits per heavy atom. The fourth-order valence-corrected chi connectivity index (χ4v) is 1.66. The summed E-state index contributed by atoms with van der Waals surface area (Å²) < 4.78 is 5.13. The highest BCUT2D eigenvalue weighted by Crippen LogP contribution is 2.17. The molecule has 0 radical (unpaired) electrons. The van der Waals surface area contributed by atoms with Crippen LogP contribution in [-0.2, 0) is 9.53 Å². The van der Waals surface area contributed by atoms with E-state index in [2.05, 4.69) is 24.4 Å². The van der Waals surface area contributed by atoms with Gasteiger partial charge in [-0.3, -0.25) is 4.79 Å². The van der Waals surface area contributed by atoms with E-state index in [0.29, 0.717) is 12.5 Å². The summed E-state index contributed by atoms with van der Waals surface area (Å²) in [4.78, 5) is 11.8. The van der Waals surface area contributed by atoms with Crippen molar-refractivity contribution in [1.29, 1.82) is 0 Å². The molecule has 0 saturated heterocycles. The maximum Gasteiger partial charge on any atom is 0.251 e. The number of ether oxygens (including phenoxy) is 1. The first kappa shape index (κ1) is 14.7. The van der Waals surface area contributed by atoms with Gasteiger partial charge in [0.25, 0.3) is 5.91 Å². The maximum absolute atomic E-state index is 11.8. The van der Waals surface area contributed by atoms with Crippen molar-refractivity contribution in [3.05, 3.63) is 35.9 Å². The molecule has 1 atom stereocenters. The van der Waals surface area contributed by atoms with Crippen LogP contribution >= 0.6 is 0 Å². The fraction of sp³-hybridized carbons (Fsp3) is 0.533. The first-order valence-electron chi connectivity index (χ1n) is 6.36. The molecule has 3 heteroatoms. The molecule has 1 aromatic rings. The number of benzene rings is 1.